The summed E-state index contributed by atoms with van der Waals surface area (Å²) in [4.78, 5) is 15.9. The number of hydrogen-bond acceptors (Lipinski definition) is 2. The quantitative estimate of drug-likeness (QED) is 0.470. The van der Waals surface area contributed by atoms with E-state index in [9.17, 15) is 4.79 Å². The Morgan fingerprint density at radius 1 is 0.914 bits per heavy atom. The van der Waals surface area contributed by atoms with Crippen molar-refractivity contribution in [2.75, 3.05) is 13.1 Å². The molecule has 35 heavy (non-hydrogen) atoms. The third kappa shape index (κ3) is 4.66. The van der Waals surface area contributed by atoms with Crippen molar-refractivity contribution in [1.82, 2.24) is 4.90 Å². The number of nitrogens with two attached hydrogens (primary N) is 1. The lowest BCUT2D eigenvalue weighted by molar-refractivity contribution is -0.534. The minimum Gasteiger partial charge on any atom is -1.00 e. The van der Waals surface area contributed by atoms with Gasteiger partial charge in [-0.25, -0.2) is 0 Å². The molecule has 1 amide bonds. The maximum Gasteiger partial charge on any atom is 0.244 e. The molecule has 2 aliphatic rings. The van der Waals surface area contributed by atoms with Gasteiger partial charge >= 0.3 is 0 Å². The van der Waals surface area contributed by atoms with Crippen LogP contribution in [0.1, 0.15) is 42.9 Å². The molecular weight excluding hydrogens is 498 g/mol. The van der Waals surface area contributed by atoms with E-state index in [-0.39, 0.29) is 28.8 Å². The molecule has 3 aromatic carbocycles. The van der Waals surface area contributed by atoms with Gasteiger partial charge in [-0.2, -0.15) is 0 Å². The monoisotopic (exact) mass is 531 g/mol. The molecule has 2 atom stereocenters. The summed E-state index contributed by atoms with van der Waals surface area (Å²) in [7, 11) is 0. The molecule has 0 unspecified atom stereocenters. The SMILES string of the molecule is CC1=[N+](Cc2ccccc2)CCN1[C@@H]1CC[C@H](C(C(N)=O)(c2ccccc2)c2ccccc2)C1.[Br-]. The zero-order chi connectivity index (χ0) is 23.5. The van der Waals surface area contributed by atoms with E-state index in [2.05, 4.69) is 71.0 Å². The fourth-order valence-electron chi connectivity index (χ4n) is 6.34. The maximum atomic E-state index is 13.4. The van der Waals surface area contributed by atoms with Crippen LogP contribution in [-0.4, -0.2) is 40.3 Å². The van der Waals surface area contributed by atoms with E-state index in [1.165, 1.54) is 11.4 Å². The fraction of sp³-hybridized carbons (Fsp3) is 0.333. The van der Waals surface area contributed by atoms with Crippen LogP contribution in [0.2, 0.25) is 0 Å². The number of primary amides is 1. The second kappa shape index (κ2) is 10.8. The summed E-state index contributed by atoms with van der Waals surface area (Å²) in [5, 5.41) is 0. The molecular formula is C30H34BrN3O. The average Bonchev–Trinajstić information content (AvgIpc) is 3.49. The summed E-state index contributed by atoms with van der Waals surface area (Å²) in [6.45, 7) is 5.27. The van der Waals surface area contributed by atoms with Crippen molar-refractivity contribution >= 4 is 11.7 Å². The molecule has 2 N–H and O–H groups in total. The number of carbonyl (C=O) groups excluding carboxylic acids is 1. The van der Waals surface area contributed by atoms with Gasteiger partial charge in [-0.05, 0) is 41.9 Å². The molecule has 182 valence electrons. The Morgan fingerprint density at radius 2 is 1.46 bits per heavy atom. The van der Waals surface area contributed by atoms with E-state index in [1.54, 1.807) is 0 Å². The van der Waals surface area contributed by atoms with E-state index in [0.29, 0.717) is 6.04 Å². The van der Waals surface area contributed by atoms with Gasteiger partial charge in [0.05, 0.1) is 6.04 Å². The summed E-state index contributed by atoms with van der Waals surface area (Å²) in [6.07, 6.45) is 3.03. The van der Waals surface area contributed by atoms with E-state index >= 15 is 0 Å². The lowest BCUT2D eigenvalue weighted by Gasteiger charge is -2.37. The van der Waals surface area contributed by atoms with Gasteiger partial charge in [0.25, 0.3) is 0 Å². The highest BCUT2D eigenvalue weighted by Crippen LogP contribution is 2.48. The highest BCUT2D eigenvalue weighted by Gasteiger charge is 2.52. The Hall–Kier alpha value is -2.92. The van der Waals surface area contributed by atoms with Gasteiger partial charge in [0, 0.05) is 6.92 Å². The molecule has 4 nitrogen and oxygen atoms in total. The van der Waals surface area contributed by atoms with Crippen LogP contribution in [0.3, 0.4) is 0 Å². The van der Waals surface area contributed by atoms with Crippen LogP contribution in [0.5, 0.6) is 0 Å². The van der Waals surface area contributed by atoms with Gasteiger partial charge in [-0.15, -0.1) is 0 Å². The first-order chi connectivity index (χ1) is 16.6. The van der Waals surface area contributed by atoms with Gasteiger partial charge in [0.1, 0.15) is 25.0 Å². The summed E-state index contributed by atoms with van der Waals surface area (Å²) >= 11 is 0. The van der Waals surface area contributed by atoms with Crippen LogP contribution >= 0.6 is 0 Å². The standard InChI is InChI=1S/C30H33N3O.BrH/c1-23-32(22-24-11-5-2-6-12-24)19-20-33(23)28-18-17-27(21-28)30(29(31)34,25-13-7-3-8-14-25)26-15-9-4-10-16-26;/h2-16,27-28H,17-22H2,1H3,(H-,31,34);1H/t27-,28+;/m0./s1. The number of nitrogens with zero attached hydrogens (tertiary/aromatic N) is 2. The molecule has 0 spiro atoms. The number of carbonyl (C=O) groups is 1. The van der Waals surface area contributed by atoms with Gasteiger partial charge in [-0.3, -0.25) is 14.3 Å². The van der Waals surface area contributed by atoms with E-state index < -0.39 is 5.41 Å². The molecule has 5 rings (SSSR count). The second-order valence-electron chi connectivity index (χ2n) is 9.72. The number of rotatable bonds is 7. The Labute approximate surface area is 219 Å². The van der Waals surface area contributed by atoms with Crippen LogP contribution in [-0.2, 0) is 16.8 Å². The topological polar surface area (TPSA) is 49.3 Å². The lowest BCUT2D eigenvalue weighted by Crippen LogP contribution is -3.00. The Balaban J connectivity index is 0.00000289. The third-order valence-electron chi connectivity index (χ3n) is 8.01. The fourth-order valence-corrected chi connectivity index (χ4v) is 6.34. The Kier molecular flexibility index (Phi) is 7.75. The minimum atomic E-state index is -0.811. The largest absolute Gasteiger partial charge is 1.00 e. The predicted octanol–water partition coefficient (Wildman–Crippen LogP) is 1.58. The molecule has 0 saturated heterocycles. The molecule has 0 bridgehead atoms. The zero-order valence-electron chi connectivity index (χ0n) is 20.3. The molecule has 0 radical (unpaired) electrons. The second-order valence-corrected chi connectivity index (χ2v) is 9.72. The number of hydrogen-bond donors (Lipinski definition) is 1. The predicted molar refractivity (Wildman–Crippen MR) is 137 cm³/mol. The first-order valence-corrected chi connectivity index (χ1v) is 12.4. The Bertz CT molecular complexity index is 1120. The lowest BCUT2D eigenvalue weighted by atomic mass is 9.64. The third-order valence-corrected chi connectivity index (χ3v) is 8.01. The molecule has 1 aliphatic carbocycles. The van der Waals surface area contributed by atoms with Crippen molar-refractivity contribution in [2.24, 2.45) is 11.7 Å². The normalized spacial score (nSPS) is 20.1. The van der Waals surface area contributed by atoms with Crippen molar-refractivity contribution in [3.63, 3.8) is 0 Å². The molecule has 3 aromatic rings. The van der Waals surface area contributed by atoms with Crippen molar-refractivity contribution in [3.05, 3.63) is 108 Å². The number of amides is 1. The van der Waals surface area contributed by atoms with Crippen molar-refractivity contribution in [1.29, 1.82) is 0 Å². The van der Waals surface area contributed by atoms with Crippen molar-refractivity contribution in [2.45, 2.75) is 44.2 Å². The van der Waals surface area contributed by atoms with Gasteiger partial charge in [-0.1, -0.05) is 91.0 Å². The highest BCUT2D eigenvalue weighted by atomic mass is 79.9. The molecule has 1 fully saturated rings. The number of amidine groups is 1. The molecule has 5 heteroatoms. The van der Waals surface area contributed by atoms with Crippen molar-refractivity contribution < 1.29 is 26.4 Å². The molecule has 1 saturated carbocycles. The summed E-state index contributed by atoms with van der Waals surface area (Å²) in [5.74, 6) is 1.26. The minimum absolute atomic E-state index is 0. The summed E-state index contributed by atoms with van der Waals surface area (Å²) in [6, 6.07) is 31.5. The molecule has 1 aliphatic heterocycles. The number of halogens is 1. The van der Waals surface area contributed by atoms with Gasteiger partial charge < -0.3 is 22.7 Å². The number of benzene rings is 3. The van der Waals surface area contributed by atoms with Gasteiger partial charge in [0.15, 0.2) is 0 Å². The van der Waals surface area contributed by atoms with E-state index in [0.717, 1.165) is 50.0 Å². The Morgan fingerprint density at radius 3 is 2.00 bits per heavy atom. The maximum absolute atomic E-state index is 13.4. The summed E-state index contributed by atoms with van der Waals surface area (Å²) in [5.41, 5.74) is 8.83. The average molecular weight is 533 g/mol. The first kappa shape index (κ1) is 25.2. The van der Waals surface area contributed by atoms with Crippen LogP contribution in [0.25, 0.3) is 0 Å². The van der Waals surface area contributed by atoms with E-state index in [4.69, 9.17) is 5.73 Å². The van der Waals surface area contributed by atoms with Crippen LogP contribution in [0.15, 0.2) is 91.0 Å². The highest BCUT2D eigenvalue weighted by molar-refractivity contribution is 5.91. The van der Waals surface area contributed by atoms with E-state index in [1.807, 2.05) is 36.4 Å². The first-order valence-electron chi connectivity index (χ1n) is 12.4. The van der Waals surface area contributed by atoms with Crippen LogP contribution in [0.4, 0.5) is 0 Å². The van der Waals surface area contributed by atoms with Crippen LogP contribution in [0, 0.1) is 5.92 Å². The zero-order valence-corrected chi connectivity index (χ0v) is 21.9. The summed E-state index contributed by atoms with van der Waals surface area (Å²) < 4.78 is 2.48. The van der Waals surface area contributed by atoms with Gasteiger partial charge in [0.2, 0.25) is 11.7 Å². The smallest absolute Gasteiger partial charge is 0.244 e. The molecule has 0 aromatic heterocycles. The van der Waals surface area contributed by atoms with Crippen molar-refractivity contribution in [3.8, 4) is 0 Å². The van der Waals surface area contributed by atoms with Crippen LogP contribution < -0.4 is 22.7 Å². The molecule has 1 heterocycles.